The summed E-state index contributed by atoms with van der Waals surface area (Å²) < 4.78 is 0. The Bertz CT molecular complexity index is 921. The van der Waals surface area contributed by atoms with Gasteiger partial charge < -0.3 is 16.0 Å². The number of aryl methyl sites for hydroxylation is 1. The molecule has 1 heterocycles. The molecule has 26 heavy (non-hydrogen) atoms. The van der Waals surface area contributed by atoms with Crippen molar-refractivity contribution in [3.63, 3.8) is 0 Å². The number of carbonyl (C=O) groups is 1. The third-order valence-electron chi connectivity index (χ3n) is 3.58. The van der Waals surface area contributed by atoms with Crippen molar-refractivity contribution in [2.24, 2.45) is 0 Å². The van der Waals surface area contributed by atoms with Crippen molar-refractivity contribution in [2.75, 3.05) is 16.0 Å². The Morgan fingerprint density at radius 2 is 1.58 bits per heavy atom. The van der Waals surface area contributed by atoms with Gasteiger partial charge in [-0.25, -0.2) is 9.97 Å². The van der Waals surface area contributed by atoms with Crippen molar-refractivity contribution in [2.45, 2.75) is 6.92 Å². The summed E-state index contributed by atoms with van der Waals surface area (Å²) in [6.07, 6.45) is 2.72. The summed E-state index contributed by atoms with van der Waals surface area (Å²) in [6.45, 7) is 5.49. The molecule has 130 valence electrons. The Balaban J connectivity index is 1.72. The van der Waals surface area contributed by atoms with E-state index in [0.29, 0.717) is 17.3 Å². The van der Waals surface area contributed by atoms with Gasteiger partial charge in [0.25, 0.3) is 0 Å². The maximum atomic E-state index is 11.4. The monoisotopic (exact) mass is 345 g/mol. The second kappa shape index (κ2) is 7.94. The van der Waals surface area contributed by atoms with Crippen LogP contribution in [0.2, 0.25) is 0 Å². The molecule has 0 aliphatic carbocycles. The van der Waals surface area contributed by atoms with Crippen LogP contribution >= 0.6 is 0 Å². The minimum Gasteiger partial charge on any atom is -0.340 e. The van der Waals surface area contributed by atoms with Gasteiger partial charge in [-0.15, -0.1) is 0 Å². The van der Waals surface area contributed by atoms with Crippen LogP contribution in [0, 0.1) is 6.92 Å². The molecule has 0 saturated heterocycles. The average molecular weight is 345 g/mol. The lowest BCUT2D eigenvalue weighted by molar-refractivity contribution is -0.111. The van der Waals surface area contributed by atoms with Gasteiger partial charge in [0.05, 0.1) is 0 Å². The van der Waals surface area contributed by atoms with Crippen LogP contribution in [0.4, 0.5) is 28.7 Å². The van der Waals surface area contributed by atoms with E-state index in [0.717, 1.165) is 11.4 Å². The van der Waals surface area contributed by atoms with Crippen LogP contribution in [0.25, 0.3) is 0 Å². The van der Waals surface area contributed by atoms with Crippen molar-refractivity contribution in [3.05, 3.63) is 79.1 Å². The zero-order valence-electron chi connectivity index (χ0n) is 14.4. The van der Waals surface area contributed by atoms with E-state index in [1.165, 1.54) is 18.0 Å². The number of nitrogens with zero attached hydrogens (tertiary/aromatic N) is 2. The number of rotatable bonds is 6. The molecule has 3 aromatic rings. The van der Waals surface area contributed by atoms with Gasteiger partial charge in [0.1, 0.15) is 18.0 Å². The summed E-state index contributed by atoms with van der Waals surface area (Å²) in [5.41, 5.74) is 3.62. The fourth-order valence-corrected chi connectivity index (χ4v) is 2.29. The molecular formula is C20H19N5O. The molecule has 2 aromatic carbocycles. The van der Waals surface area contributed by atoms with Gasteiger partial charge in [0.2, 0.25) is 5.91 Å². The summed E-state index contributed by atoms with van der Waals surface area (Å²) >= 11 is 0. The first-order valence-corrected chi connectivity index (χ1v) is 8.08. The molecule has 0 radical (unpaired) electrons. The van der Waals surface area contributed by atoms with E-state index in [1.807, 2.05) is 55.5 Å². The van der Waals surface area contributed by atoms with Crippen LogP contribution < -0.4 is 16.0 Å². The van der Waals surface area contributed by atoms with Crippen molar-refractivity contribution in [1.29, 1.82) is 0 Å². The lowest BCUT2D eigenvalue weighted by Crippen LogP contribution is -2.07. The number of nitrogens with one attached hydrogen (secondary N) is 3. The Kier molecular flexibility index (Phi) is 5.24. The summed E-state index contributed by atoms with van der Waals surface area (Å²) in [5.74, 6) is 1.07. The lowest BCUT2D eigenvalue weighted by atomic mass is 10.2. The molecule has 0 saturated carbocycles. The molecule has 0 aliphatic heterocycles. The second-order valence-corrected chi connectivity index (χ2v) is 5.68. The van der Waals surface area contributed by atoms with Gasteiger partial charge in [0, 0.05) is 23.1 Å². The molecule has 1 amide bonds. The smallest absolute Gasteiger partial charge is 0.247 e. The zero-order valence-corrected chi connectivity index (χ0v) is 14.4. The lowest BCUT2D eigenvalue weighted by Gasteiger charge is -2.10. The third-order valence-corrected chi connectivity index (χ3v) is 3.58. The maximum Gasteiger partial charge on any atom is 0.247 e. The van der Waals surface area contributed by atoms with Crippen molar-refractivity contribution in [1.82, 2.24) is 9.97 Å². The Hall–Kier alpha value is -3.67. The van der Waals surface area contributed by atoms with E-state index in [-0.39, 0.29) is 5.91 Å². The van der Waals surface area contributed by atoms with E-state index in [1.54, 1.807) is 6.07 Å². The Morgan fingerprint density at radius 3 is 2.27 bits per heavy atom. The quantitative estimate of drug-likeness (QED) is 0.577. The number of anilines is 5. The predicted molar refractivity (Wildman–Crippen MR) is 105 cm³/mol. The van der Waals surface area contributed by atoms with Gasteiger partial charge >= 0.3 is 0 Å². The average Bonchev–Trinajstić information content (AvgIpc) is 2.64. The Morgan fingerprint density at radius 1 is 0.923 bits per heavy atom. The number of benzene rings is 2. The standard InChI is InChI=1S/C20H19N5O/c1-3-20(26)25-17-6-4-5-16(11-17)24-19-12-18(21-13-22-19)23-15-9-7-14(2)8-10-15/h3-13H,1H2,2H3,(H,25,26)(H2,21,22,23,24). The van der Waals surface area contributed by atoms with Crippen molar-refractivity contribution in [3.8, 4) is 0 Å². The van der Waals surface area contributed by atoms with Gasteiger partial charge in [-0.05, 0) is 43.3 Å². The molecule has 0 spiro atoms. The molecule has 0 atom stereocenters. The van der Waals surface area contributed by atoms with Crippen LogP contribution in [0.5, 0.6) is 0 Å². The Labute approximate surface area is 152 Å². The fraction of sp³-hybridized carbons (Fsp3) is 0.0500. The molecule has 3 N–H and O–H groups in total. The number of amides is 1. The number of aromatic nitrogens is 2. The van der Waals surface area contributed by atoms with Crippen molar-refractivity contribution >= 4 is 34.6 Å². The van der Waals surface area contributed by atoms with E-state index >= 15 is 0 Å². The molecule has 1 aromatic heterocycles. The predicted octanol–water partition coefficient (Wildman–Crippen LogP) is 4.40. The SMILES string of the molecule is C=CC(=O)Nc1cccc(Nc2cc(Nc3ccc(C)cc3)ncn2)c1. The number of hydrogen-bond acceptors (Lipinski definition) is 5. The van der Waals surface area contributed by atoms with Crippen LogP contribution in [0.15, 0.2) is 73.6 Å². The largest absolute Gasteiger partial charge is 0.340 e. The highest BCUT2D eigenvalue weighted by molar-refractivity contribution is 5.99. The van der Waals surface area contributed by atoms with Gasteiger partial charge in [-0.2, -0.15) is 0 Å². The van der Waals surface area contributed by atoms with E-state index < -0.39 is 0 Å². The maximum absolute atomic E-state index is 11.4. The van der Waals surface area contributed by atoms with Crippen molar-refractivity contribution < 1.29 is 4.79 Å². The normalized spacial score (nSPS) is 10.0. The van der Waals surface area contributed by atoms with Crippen LogP contribution in [-0.2, 0) is 4.79 Å². The molecule has 3 rings (SSSR count). The fourth-order valence-electron chi connectivity index (χ4n) is 2.29. The first-order chi connectivity index (χ1) is 12.6. The highest BCUT2D eigenvalue weighted by atomic mass is 16.1. The molecule has 0 aliphatic rings. The first kappa shape index (κ1) is 17.2. The van der Waals surface area contributed by atoms with E-state index in [4.69, 9.17) is 0 Å². The van der Waals surface area contributed by atoms with E-state index in [9.17, 15) is 4.79 Å². The molecule has 6 nitrogen and oxygen atoms in total. The van der Waals surface area contributed by atoms with Gasteiger partial charge in [-0.1, -0.05) is 30.3 Å². The van der Waals surface area contributed by atoms with Gasteiger partial charge in [-0.3, -0.25) is 4.79 Å². The number of carbonyl (C=O) groups excluding carboxylic acids is 1. The second-order valence-electron chi connectivity index (χ2n) is 5.68. The molecule has 6 heteroatoms. The van der Waals surface area contributed by atoms with Gasteiger partial charge in [0.15, 0.2) is 0 Å². The molecule has 0 unspecified atom stereocenters. The summed E-state index contributed by atoms with van der Waals surface area (Å²) in [6, 6.07) is 17.2. The minimum atomic E-state index is -0.256. The zero-order chi connectivity index (χ0) is 18.4. The molecule has 0 fully saturated rings. The highest BCUT2D eigenvalue weighted by Gasteiger charge is 2.03. The minimum absolute atomic E-state index is 0.256. The van der Waals surface area contributed by atoms with Crippen LogP contribution in [0.1, 0.15) is 5.56 Å². The summed E-state index contributed by atoms with van der Waals surface area (Å²) in [5, 5.41) is 9.17. The number of hydrogen-bond donors (Lipinski definition) is 3. The highest BCUT2D eigenvalue weighted by Crippen LogP contribution is 2.21. The summed E-state index contributed by atoms with van der Waals surface area (Å²) in [4.78, 5) is 19.9. The van der Waals surface area contributed by atoms with E-state index in [2.05, 4.69) is 32.5 Å². The molecule has 0 bridgehead atoms. The summed E-state index contributed by atoms with van der Waals surface area (Å²) in [7, 11) is 0. The molecular weight excluding hydrogens is 326 g/mol. The van der Waals surface area contributed by atoms with Crippen LogP contribution in [0.3, 0.4) is 0 Å². The topological polar surface area (TPSA) is 78.9 Å². The van der Waals surface area contributed by atoms with Crippen LogP contribution in [-0.4, -0.2) is 15.9 Å². The first-order valence-electron chi connectivity index (χ1n) is 8.08. The third kappa shape index (κ3) is 4.67.